The van der Waals surface area contributed by atoms with Gasteiger partial charge in [0.2, 0.25) is 0 Å². The fraction of sp³-hybridized carbons (Fsp3) is 0.222. The first-order valence-corrected chi connectivity index (χ1v) is 4.36. The lowest BCUT2D eigenvalue weighted by molar-refractivity contribution is -0.138. The molecule has 3 N–H and O–H groups in total. The Morgan fingerprint density at radius 3 is 2.38 bits per heavy atom. The Kier molecular flexibility index (Phi) is 3.33. The van der Waals surface area contributed by atoms with Crippen molar-refractivity contribution in [2.24, 2.45) is 5.73 Å². The summed E-state index contributed by atoms with van der Waals surface area (Å²) in [4.78, 5) is 10.5. The van der Waals surface area contributed by atoms with Crippen LogP contribution in [0.2, 0.25) is 0 Å². The van der Waals surface area contributed by atoms with E-state index in [-0.39, 0.29) is 0 Å². The lowest BCUT2D eigenvalue weighted by Crippen LogP contribution is -2.34. The van der Waals surface area contributed by atoms with Gasteiger partial charge in [-0.2, -0.15) is 12.6 Å². The number of rotatable bonds is 3. The molecule has 1 unspecified atom stereocenters. The molecule has 0 saturated carbocycles. The Morgan fingerprint density at radius 1 is 1.38 bits per heavy atom. The third kappa shape index (κ3) is 2.47. The van der Waals surface area contributed by atoms with Gasteiger partial charge in [0.15, 0.2) is 0 Å². The molecule has 1 aromatic carbocycles. The fourth-order valence-electron chi connectivity index (χ4n) is 0.993. The maximum atomic E-state index is 10.5. The van der Waals surface area contributed by atoms with E-state index in [0.29, 0.717) is 0 Å². The quantitative estimate of drug-likeness (QED) is 0.635. The molecule has 0 radical (unpaired) electrons. The average Bonchev–Trinajstić information content (AvgIpc) is 2.17. The molecule has 13 heavy (non-hydrogen) atoms. The predicted molar refractivity (Wildman–Crippen MR) is 53.8 cm³/mol. The van der Waals surface area contributed by atoms with Crippen LogP contribution in [0.15, 0.2) is 30.3 Å². The summed E-state index contributed by atoms with van der Waals surface area (Å²) in [5.41, 5.74) is 6.24. The summed E-state index contributed by atoms with van der Waals surface area (Å²) in [5, 5.41) is 8.18. The smallest absolute Gasteiger partial charge is 0.321 e. The third-order valence-electron chi connectivity index (χ3n) is 1.77. The van der Waals surface area contributed by atoms with Gasteiger partial charge in [0.05, 0.1) is 5.25 Å². The fourth-order valence-corrected chi connectivity index (χ4v) is 1.29. The van der Waals surface area contributed by atoms with Gasteiger partial charge in [-0.15, -0.1) is 0 Å². The number of hydrogen-bond donors (Lipinski definition) is 3. The highest BCUT2D eigenvalue weighted by Gasteiger charge is 2.21. The number of aliphatic carboxylic acids is 1. The minimum absolute atomic E-state index is 0.460. The Morgan fingerprint density at radius 2 is 1.92 bits per heavy atom. The van der Waals surface area contributed by atoms with Crippen LogP contribution in [0, 0.1) is 0 Å². The molecule has 4 heteroatoms. The molecule has 0 amide bonds. The van der Waals surface area contributed by atoms with Gasteiger partial charge >= 0.3 is 5.97 Å². The summed E-state index contributed by atoms with van der Waals surface area (Å²) < 4.78 is 0. The maximum absolute atomic E-state index is 10.5. The van der Waals surface area contributed by atoms with Crippen LogP contribution in [0.3, 0.4) is 0 Å². The second-order valence-electron chi connectivity index (χ2n) is 2.72. The molecule has 70 valence electrons. The van der Waals surface area contributed by atoms with Crippen molar-refractivity contribution in [2.75, 3.05) is 0 Å². The standard InChI is InChI=1S/C9H11NO2S/c10-7(9(11)12)8(13)6-4-2-1-3-5-6/h1-5,7-8,13H,10H2,(H,11,12)/t7?,8-/m1/s1. The van der Waals surface area contributed by atoms with Crippen molar-refractivity contribution in [1.29, 1.82) is 0 Å². The average molecular weight is 197 g/mol. The Hall–Kier alpha value is -1.00. The van der Waals surface area contributed by atoms with E-state index >= 15 is 0 Å². The molecule has 0 bridgehead atoms. The summed E-state index contributed by atoms with van der Waals surface area (Å²) >= 11 is 4.15. The predicted octanol–water partition coefficient (Wildman–Crippen LogP) is 1.07. The molecule has 3 nitrogen and oxygen atoms in total. The number of hydrogen-bond acceptors (Lipinski definition) is 3. The highest BCUT2D eigenvalue weighted by atomic mass is 32.1. The monoisotopic (exact) mass is 197 g/mol. The molecular formula is C9H11NO2S. The highest BCUT2D eigenvalue weighted by Crippen LogP contribution is 2.22. The molecule has 0 aliphatic rings. The van der Waals surface area contributed by atoms with Crippen LogP contribution >= 0.6 is 12.6 Å². The first-order chi connectivity index (χ1) is 6.13. The molecule has 1 aromatic rings. The van der Waals surface area contributed by atoms with Crippen LogP contribution in [0.4, 0.5) is 0 Å². The lowest BCUT2D eigenvalue weighted by Gasteiger charge is -2.14. The van der Waals surface area contributed by atoms with E-state index in [1.165, 1.54) is 0 Å². The number of carboxylic acids is 1. The van der Waals surface area contributed by atoms with Crippen LogP contribution < -0.4 is 5.73 Å². The zero-order valence-electron chi connectivity index (χ0n) is 6.92. The first-order valence-electron chi connectivity index (χ1n) is 3.84. The number of nitrogens with two attached hydrogens (primary N) is 1. The molecule has 0 aliphatic carbocycles. The zero-order chi connectivity index (χ0) is 9.84. The number of thiol groups is 1. The van der Waals surface area contributed by atoms with E-state index in [1.807, 2.05) is 18.2 Å². The van der Waals surface area contributed by atoms with Crippen LogP contribution in [-0.4, -0.2) is 17.1 Å². The molecule has 0 aliphatic heterocycles. The van der Waals surface area contributed by atoms with Crippen molar-refractivity contribution < 1.29 is 9.90 Å². The van der Waals surface area contributed by atoms with E-state index < -0.39 is 17.3 Å². The maximum Gasteiger partial charge on any atom is 0.321 e. The molecule has 0 fully saturated rings. The van der Waals surface area contributed by atoms with Crippen molar-refractivity contribution in [2.45, 2.75) is 11.3 Å². The Bertz CT molecular complexity index is 289. The van der Waals surface area contributed by atoms with E-state index in [2.05, 4.69) is 12.6 Å². The van der Waals surface area contributed by atoms with Crippen molar-refractivity contribution in [3.63, 3.8) is 0 Å². The van der Waals surface area contributed by atoms with E-state index in [4.69, 9.17) is 10.8 Å². The van der Waals surface area contributed by atoms with Gasteiger partial charge in [-0.3, -0.25) is 4.79 Å². The van der Waals surface area contributed by atoms with E-state index in [1.54, 1.807) is 12.1 Å². The van der Waals surface area contributed by atoms with E-state index in [9.17, 15) is 4.79 Å². The van der Waals surface area contributed by atoms with Crippen molar-refractivity contribution in [3.05, 3.63) is 35.9 Å². The molecule has 2 atom stereocenters. The summed E-state index contributed by atoms with van der Waals surface area (Å²) in [7, 11) is 0. The molecule has 0 saturated heterocycles. The van der Waals surface area contributed by atoms with Crippen LogP contribution in [0.25, 0.3) is 0 Å². The van der Waals surface area contributed by atoms with Crippen LogP contribution in [-0.2, 0) is 4.79 Å². The largest absolute Gasteiger partial charge is 0.480 e. The molecule has 0 spiro atoms. The summed E-state index contributed by atoms with van der Waals surface area (Å²) in [6.07, 6.45) is 0. The van der Waals surface area contributed by atoms with Gasteiger partial charge < -0.3 is 10.8 Å². The summed E-state index contributed by atoms with van der Waals surface area (Å²) in [6.45, 7) is 0. The van der Waals surface area contributed by atoms with Crippen LogP contribution in [0.5, 0.6) is 0 Å². The SMILES string of the molecule is NC(C(=O)O)[C@H](S)c1ccccc1. The number of carboxylic acid groups (broad SMARTS) is 1. The van der Waals surface area contributed by atoms with Gasteiger partial charge in [-0.1, -0.05) is 30.3 Å². The Labute approximate surface area is 82.0 Å². The lowest BCUT2D eigenvalue weighted by atomic mass is 10.1. The van der Waals surface area contributed by atoms with Crippen molar-refractivity contribution in [1.82, 2.24) is 0 Å². The van der Waals surface area contributed by atoms with Crippen molar-refractivity contribution >= 4 is 18.6 Å². The first kappa shape index (κ1) is 10.1. The minimum atomic E-state index is -1.04. The summed E-state index contributed by atoms with van der Waals surface area (Å²) in [5.74, 6) is -1.04. The number of benzene rings is 1. The van der Waals surface area contributed by atoms with Gasteiger partial charge in [0.25, 0.3) is 0 Å². The topological polar surface area (TPSA) is 63.3 Å². The van der Waals surface area contributed by atoms with Gasteiger partial charge in [-0.25, -0.2) is 0 Å². The van der Waals surface area contributed by atoms with Gasteiger partial charge in [0.1, 0.15) is 6.04 Å². The minimum Gasteiger partial charge on any atom is -0.480 e. The Balaban J connectivity index is 2.79. The van der Waals surface area contributed by atoms with Crippen molar-refractivity contribution in [3.8, 4) is 0 Å². The molecular weight excluding hydrogens is 186 g/mol. The second-order valence-corrected chi connectivity index (χ2v) is 3.28. The zero-order valence-corrected chi connectivity index (χ0v) is 7.82. The summed E-state index contributed by atoms with van der Waals surface area (Å²) in [6, 6.07) is 8.16. The molecule has 0 aromatic heterocycles. The molecule has 1 rings (SSSR count). The number of carbonyl (C=O) groups is 1. The molecule has 0 heterocycles. The van der Waals surface area contributed by atoms with Crippen LogP contribution in [0.1, 0.15) is 10.8 Å². The van der Waals surface area contributed by atoms with Gasteiger partial charge in [-0.05, 0) is 5.56 Å². The van der Waals surface area contributed by atoms with E-state index in [0.717, 1.165) is 5.56 Å². The second kappa shape index (κ2) is 4.30. The third-order valence-corrected chi connectivity index (χ3v) is 2.39. The normalized spacial score (nSPS) is 14.9. The highest BCUT2D eigenvalue weighted by molar-refractivity contribution is 7.80. The van der Waals surface area contributed by atoms with Gasteiger partial charge in [0, 0.05) is 0 Å².